The van der Waals surface area contributed by atoms with Gasteiger partial charge in [0.2, 0.25) is 5.95 Å². The van der Waals surface area contributed by atoms with Crippen LogP contribution in [-0.4, -0.2) is 47.8 Å². The Balaban J connectivity index is 1.31. The average Bonchev–Trinajstić information content (AvgIpc) is 3.34. The summed E-state index contributed by atoms with van der Waals surface area (Å²) in [5.41, 5.74) is 1.96. The van der Waals surface area contributed by atoms with Gasteiger partial charge in [-0.15, -0.1) is 0 Å². The van der Waals surface area contributed by atoms with Crippen molar-refractivity contribution in [3.8, 4) is 17.1 Å². The number of hydrogen-bond donors (Lipinski definition) is 1. The minimum Gasteiger partial charge on any atom is -0.438 e. The van der Waals surface area contributed by atoms with E-state index in [9.17, 15) is 9.90 Å². The molecule has 1 unspecified atom stereocenters. The van der Waals surface area contributed by atoms with Gasteiger partial charge in [0, 0.05) is 49.7 Å². The number of ether oxygens (including phenoxy) is 1. The standard InChI is InChI=1S/C30H33N5O3/c1-21(34-16-14-30(38-28(34)36,20-29(3,4)37)26-8-6-5-7-9-26)23-10-12-24(13-11-23)25-18-32-27(33-19-25)35-17-15-31-22(35)2/h5-13,15,17-19,21,37H,14,16,20H2,1-4H3/t21-,30?/m0/s1. The predicted octanol–water partition coefficient (Wildman–Crippen LogP) is 5.60. The van der Waals surface area contributed by atoms with Crippen molar-refractivity contribution in [2.45, 2.75) is 57.8 Å². The molecular formula is C30H33N5O3. The Hall–Kier alpha value is -4.04. The maximum Gasteiger partial charge on any atom is 0.411 e. The summed E-state index contributed by atoms with van der Waals surface area (Å²) in [6.07, 6.45) is 7.70. The van der Waals surface area contributed by atoms with Crippen molar-refractivity contribution in [3.05, 3.63) is 96.3 Å². The van der Waals surface area contributed by atoms with Gasteiger partial charge in [-0.3, -0.25) is 4.57 Å². The highest BCUT2D eigenvalue weighted by Gasteiger charge is 2.46. The number of carbonyl (C=O) groups excluding carboxylic acids is 1. The third-order valence-corrected chi connectivity index (χ3v) is 7.17. The van der Waals surface area contributed by atoms with Crippen LogP contribution in [0.2, 0.25) is 0 Å². The molecule has 2 aromatic heterocycles. The fraction of sp³-hybridized carbons (Fsp3) is 0.333. The minimum absolute atomic E-state index is 0.171. The van der Waals surface area contributed by atoms with Gasteiger partial charge in [-0.25, -0.2) is 19.7 Å². The van der Waals surface area contributed by atoms with Crippen LogP contribution in [0.3, 0.4) is 0 Å². The van der Waals surface area contributed by atoms with Crippen molar-refractivity contribution < 1.29 is 14.6 Å². The lowest BCUT2D eigenvalue weighted by atomic mass is 9.80. The normalized spacial score (nSPS) is 18.8. The smallest absolute Gasteiger partial charge is 0.411 e. The Bertz CT molecular complexity index is 1390. The van der Waals surface area contributed by atoms with E-state index in [-0.39, 0.29) is 12.1 Å². The van der Waals surface area contributed by atoms with Crippen LogP contribution in [0.15, 0.2) is 79.4 Å². The van der Waals surface area contributed by atoms with Crippen molar-refractivity contribution in [1.29, 1.82) is 0 Å². The Morgan fingerprint density at radius 2 is 1.71 bits per heavy atom. The molecule has 1 aliphatic heterocycles. The van der Waals surface area contributed by atoms with Crippen LogP contribution in [0, 0.1) is 6.92 Å². The van der Waals surface area contributed by atoms with Crippen molar-refractivity contribution >= 4 is 6.09 Å². The number of aromatic nitrogens is 4. The zero-order chi connectivity index (χ0) is 26.9. The second-order valence-corrected chi connectivity index (χ2v) is 10.6. The predicted molar refractivity (Wildman–Crippen MR) is 145 cm³/mol. The first kappa shape index (κ1) is 25.6. The van der Waals surface area contributed by atoms with Gasteiger partial charge >= 0.3 is 6.09 Å². The quantitative estimate of drug-likeness (QED) is 0.347. The molecule has 1 fully saturated rings. The number of rotatable bonds is 7. The Morgan fingerprint density at radius 1 is 1.03 bits per heavy atom. The molecular weight excluding hydrogens is 478 g/mol. The van der Waals surface area contributed by atoms with E-state index in [0.717, 1.165) is 28.1 Å². The minimum atomic E-state index is -0.987. The largest absolute Gasteiger partial charge is 0.438 e. The summed E-state index contributed by atoms with van der Waals surface area (Å²) >= 11 is 0. The van der Waals surface area contributed by atoms with E-state index >= 15 is 0 Å². The van der Waals surface area contributed by atoms with Crippen molar-refractivity contribution in [2.24, 2.45) is 0 Å². The molecule has 196 valence electrons. The molecule has 1 N–H and O–H groups in total. The Labute approximate surface area is 223 Å². The average molecular weight is 512 g/mol. The van der Waals surface area contributed by atoms with Crippen LogP contribution >= 0.6 is 0 Å². The molecule has 8 nitrogen and oxygen atoms in total. The van der Waals surface area contributed by atoms with Crippen LogP contribution in [0.5, 0.6) is 0 Å². The van der Waals surface area contributed by atoms with Gasteiger partial charge in [-0.2, -0.15) is 0 Å². The van der Waals surface area contributed by atoms with Gasteiger partial charge in [0.15, 0.2) is 0 Å². The number of carbonyl (C=O) groups is 1. The summed E-state index contributed by atoms with van der Waals surface area (Å²) in [5.74, 6) is 1.40. The van der Waals surface area contributed by atoms with E-state index in [1.165, 1.54) is 0 Å². The monoisotopic (exact) mass is 511 g/mol. The zero-order valence-electron chi connectivity index (χ0n) is 22.2. The highest BCUT2D eigenvalue weighted by atomic mass is 16.6. The number of cyclic esters (lactones) is 1. The number of aliphatic hydroxyl groups is 1. The van der Waals surface area contributed by atoms with Gasteiger partial charge in [-0.1, -0.05) is 54.6 Å². The number of imidazole rings is 1. The molecule has 2 aromatic carbocycles. The molecule has 1 aliphatic rings. The van der Waals surface area contributed by atoms with E-state index < -0.39 is 11.2 Å². The molecule has 8 heteroatoms. The van der Waals surface area contributed by atoms with Crippen LogP contribution in [0.1, 0.15) is 56.6 Å². The molecule has 5 rings (SSSR count). The SMILES string of the molecule is Cc1nccn1-c1ncc(-c2ccc([C@H](C)N3CCC(CC(C)(C)O)(c4ccccc4)OC3=O)cc2)cn1. The first-order valence-electron chi connectivity index (χ1n) is 12.9. The van der Waals surface area contributed by atoms with Crippen LogP contribution in [0.25, 0.3) is 17.1 Å². The summed E-state index contributed by atoms with van der Waals surface area (Å²) < 4.78 is 7.97. The Kier molecular flexibility index (Phi) is 6.75. The van der Waals surface area contributed by atoms with Gasteiger partial charge in [0.25, 0.3) is 0 Å². The first-order valence-corrected chi connectivity index (χ1v) is 12.9. The summed E-state index contributed by atoms with van der Waals surface area (Å²) in [5, 5.41) is 10.6. The lowest BCUT2D eigenvalue weighted by Gasteiger charge is -2.45. The number of benzene rings is 2. The van der Waals surface area contributed by atoms with E-state index in [1.807, 2.05) is 79.2 Å². The van der Waals surface area contributed by atoms with Crippen molar-refractivity contribution in [2.75, 3.05) is 6.54 Å². The van der Waals surface area contributed by atoms with Gasteiger partial charge in [0.1, 0.15) is 11.4 Å². The second kappa shape index (κ2) is 10.0. The van der Waals surface area contributed by atoms with E-state index in [4.69, 9.17) is 4.74 Å². The molecule has 1 amide bonds. The highest BCUT2D eigenvalue weighted by molar-refractivity contribution is 5.70. The molecule has 1 saturated heterocycles. The summed E-state index contributed by atoms with van der Waals surface area (Å²) in [4.78, 5) is 28.3. The second-order valence-electron chi connectivity index (χ2n) is 10.6. The number of amides is 1. The van der Waals surface area contributed by atoms with Crippen LogP contribution in [-0.2, 0) is 10.3 Å². The molecule has 3 heterocycles. The lowest BCUT2D eigenvalue weighted by Crippen LogP contribution is -2.51. The molecule has 0 bridgehead atoms. The first-order chi connectivity index (χ1) is 18.2. The summed E-state index contributed by atoms with van der Waals surface area (Å²) in [6, 6.07) is 17.6. The van der Waals surface area contributed by atoms with E-state index in [1.54, 1.807) is 37.3 Å². The molecule has 38 heavy (non-hydrogen) atoms. The molecule has 4 aromatic rings. The Morgan fingerprint density at radius 3 is 2.29 bits per heavy atom. The van der Waals surface area contributed by atoms with E-state index in [2.05, 4.69) is 15.0 Å². The number of nitrogens with zero attached hydrogens (tertiary/aromatic N) is 5. The van der Waals surface area contributed by atoms with Crippen LogP contribution < -0.4 is 0 Å². The fourth-order valence-electron chi connectivity index (χ4n) is 5.21. The molecule has 0 spiro atoms. The molecule has 0 aliphatic carbocycles. The molecule has 0 saturated carbocycles. The summed E-state index contributed by atoms with van der Waals surface area (Å²) in [7, 11) is 0. The zero-order valence-corrected chi connectivity index (χ0v) is 22.2. The van der Waals surface area contributed by atoms with Crippen LogP contribution in [0.4, 0.5) is 4.79 Å². The molecule has 2 atom stereocenters. The number of hydrogen-bond acceptors (Lipinski definition) is 6. The van der Waals surface area contributed by atoms with E-state index in [0.29, 0.717) is 25.3 Å². The third kappa shape index (κ3) is 5.17. The van der Waals surface area contributed by atoms with Gasteiger partial charge in [-0.05, 0) is 44.4 Å². The summed E-state index contributed by atoms with van der Waals surface area (Å²) in [6.45, 7) is 7.94. The topological polar surface area (TPSA) is 93.4 Å². The maximum atomic E-state index is 13.3. The number of aryl methyl sites for hydroxylation is 1. The van der Waals surface area contributed by atoms with Gasteiger partial charge < -0.3 is 14.7 Å². The van der Waals surface area contributed by atoms with Gasteiger partial charge in [0.05, 0.1) is 11.6 Å². The maximum absolute atomic E-state index is 13.3. The van der Waals surface area contributed by atoms with Crippen molar-refractivity contribution in [1.82, 2.24) is 24.4 Å². The third-order valence-electron chi connectivity index (χ3n) is 7.17. The lowest BCUT2D eigenvalue weighted by molar-refractivity contribution is -0.101. The van der Waals surface area contributed by atoms with Crippen molar-refractivity contribution in [3.63, 3.8) is 0 Å². The molecule has 0 radical (unpaired) electrons. The fourth-order valence-corrected chi connectivity index (χ4v) is 5.21. The highest BCUT2D eigenvalue weighted by Crippen LogP contribution is 2.42.